The number of rotatable bonds is 6. The van der Waals surface area contributed by atoms with Crippen LogP contribution < -0.4 is 4.90 Å². The van der Waals surface area contributed by atoms with Crippen LogP contribution in [-0.4, -0.2) is 46.2 Å². The van der Waals surface area contributed by atoms with Crippen LogP contribution in [0.4, 0.5) is 5.69 Å². The number of anilines is 1. The molecule has 4 rings (SSSR count). The Hall–Kier alpha value is -3.07. The van der Waals surface area contributed by atoms with E-state index in [0.717, 1.165) is 4.90 Å². The van der Waals surface area contributed by atoms with E-state index in [1.807, 2.05) is 18.2 Å². The van der Waals surface area contributed by atoms with E-state index in [9.17, 15) is 19.2 Å². The largest absolute Gasteiger partial charge is 0.462 e. The number of nitrogens with zero attached hydrogens (tertiary/aromatic N) is 1. The van der Waals surface area contributed by atoms with Gasteiger partial charge in [-0.1, -0.05) is 23.9 Å². The number of amides is 1. The molecule has 1 fully saturated rings. The number of thioether (sulfide) groups is 1. The second kappa shape index (κ2) is 8.12. The number of aromatic amines is 1. The van der Waals surface area contributed by atoms with E-state index in [1.54, 1.807) is 26.8 Å². The van der Waals surface area contributed by atoms with E-state index in [1.165, 1.54) is 23.6 Å². The van der Waals surface area contributed by atoms with Gasteiger partial charge >= 0.3 is 11.9 Å². The first kappa shape index (κ1) is 22.1. The molecule has 2 aliphatic rings. The van der Waals surface area contributed by atoms with Gasteiger partial charge in [0.1, 0.15) is 0 Å². The Morgan fingerprint density at radius 3 is 2.69 bits per heavy atom. The lowest BCUT2D eigenvalue weighted by Gasteiger charge is -2.29. The van der Waals surface area contributed by atoms with Gasteiger partial charge in [-0.3, -0.25) is 14.5 Å². The van der Waals surface area contributed by atoms with Crippen molar-refractivity contribution in [1.82, 2.24) is 4.98 Å². The lowest BCUT2D eigenvalue weighted by atomic mass is 10.1. The maximum atomic E-state index is 13.3. The van der Waals surface area contributed by atoms with Crippen LogP contribution in [0, 0.1) is 13.8 Å². The van der Waals surface area contributed by atoms with Gasteiger partial charge in [0.2, 0.25) is 11.7 Å². The monoisotopic (exact) mass is 456 g/mol. The quantitative estimate of drug-likeness (QED) is 0.523. The molecule has 2 aromatic rings. The number of benzene rings is 1. The second-order valence-electron chi connectivity index (χ2n) is 7.84. The first-order chi connectivity index (χ1) is 15.2. The summed E-state index contributed by atoms with van der Waals surface area (Å²) in [6, 6.07) is 7.32. The van der Waals surface area contributed by atoms with Crippen molar-refractivity contribution in [2.75, 3.05) is 11.5 Å². The van der Waals surface area contributed by atoms with E-state index < -0.39 is 28.7 Å². The maximum Gasteiger partial charge on any atom is 0.344 e. The number of fused-ring (bicyclic) bond motifs is 3. The van der Waals surface area contributed by atoms with Gasteiger partial charge in [0, 0.05) is 23.4 Å². The topological polar surface area (TPSA) is 106 Å². The first-order valence-electron chi connectivity index (χ1n) is 10.4. The standard InChI is InChI=1S/C23H24N2O6S/c1-5-30-21(28)18-12(2)19(24-13(18)3)20(27)14(4)31-22(29)23-11-10-17(26)25(23)15-8-6-7-9-16(15)32-23/h6-9,14,24H,5,10-11H2,1-4H3. The summed E-state index contributed by atoms with van der Waals surface area (Å²) in [6.07, 6.45) is -0.569. The second-order valence-corrected chi connectivity index (χ2v) is 9.16. The summed E-state index contributed by atoms with van der Waals surface area (Å²) >= 11 is 1.28. The molecular formula is C23H24N2O6S. The van der Waals surface area contributed by atoms with Gasteiger partial charge in [0.15, 0.2) is 11.0 Å². The highest BCUT2D eigenvalue weighted by Gasteiger charge is 2.59. The SMILES string of the molecule is CCOC(=O)c1c(C)[nH]c(C(=O)C(C)OC(=O)C23CCC(=O)N2c2ccccc2S3)c1C. The third-order valence-electron chi connectivity index (χ3n) is 5.81. The molecular weight excluding hydrogens is 432 g/mol. The Morgan fingerprint density at radius 2 is 1.97 bits per heavy atom. The van der Waals surface area contributed by atoms with E-state index >= 15 is 0 Å². The van der Waals surface area contributed by atoms with Crippen LogP contribution in [0.25, 0.3) is 0 Å². The van der Waals surface area contributed by atoms with Gasteiger partial charge in [-0.15, -0.1) is 0 Å². The number of carbonyl (C=O) groups excluding carboxylic acids is 4. The van der Waals surface area contributed by atoms with Crippen LogP contribution in [0.2, 0.25) is 0 Å². The zero-order valence-electron chi connectivity index (χ0n) is 18.3. The third-order valence-corrected chi connectivity index (χ3v) is 7.26. The number of ketones is 1. The van der Waals surface area contributed by atoms with Gasteiger partial charge in [0.05, 0.1) is 23.6 Å². The number of hydrogen-bond donors (Lipinski definition) is 1. The van der Waals surface area contributed by atoms with Gasteiger partial charge < -0.3 is 14.5 Å². The predicted molar refractivity (Wildman–Crippen MR) is 118 cm³/mol. The molecule has 1 amide bonds. The summed E-state index contributed by atoms with van der Waals surface area (Å²) in [6.45, 7) is 6.75. The lowest BCUT2D eigenvalue weighted by Crippen LogP contribution is -2.49. The Balaban J connectivity index is 1.56. The average Bonchev–Trinajstić information content (AvgIpc) is 3.37. The fourth-order valence-corrected chi connectivity index (χ4v) is 5.69. The van der Waals surface area contributed by atoms with Gasteiger partial charge in [-0.2, -0.15) is 0 Å². The molecule has 1 N–H and O–H groups in total. The van der Waals surface area contributed by atoms with Crippen molar-refractivity contribution in [3.05, 3.63) is 46.8 Å². The average molecular weight is 457 g/mol. The number of hydrogen-bond acceptors (Lipinski definition) is 7. The zero-order chi connectivity index (χ0) is 23.2. The third kappa shape index (κ3) is 3.31. The molecule has 3 heterocycles. The molecule has 2 unspecified atom stereocenters. The molecule has 2 aliphatic heterocycles. The number of ether oxygens (including phenoxy) is 2. The molecule has 0 aliphatic carbocycles. The van der Waals surface area contributed by atoms with Crippen LogP contribution in [0.5, 0.6) is 0 Å². The van der Waals surface area contributed by atoms with Crippen molar-refractivity contribution in [1.29, 1.82) is 0 Å². The van der Waals surface area contributed by atoms with Gasteiger partial charge in [0.25, 0.3) is 0 Å². The van der Waals surface area contributed by atoms with Crippen molar-refractivity contribution >= 4 is 41.1 Å². The molecule has 1 aromatic heterocycles. The van der Waals surface area contributed by atoms with Gasteiger partial charge in [-0.25, -0.2) is 9.59 Å². The first-order valence-corrected chi connectivity index (χ1v) is 11.3. The van der Waals surface area contributed by atoms with E-state index in [-0.39, 0.29) is 24.6 Å². The minimum atomic E-state index is -1.20. The van der Waals surface area contributed by atoms with Crippen LogP contribution in [0.1, 0.15) is 58.8 Å². The molecule has 1 aromatic carbocycles. The minimum Gasteiger partial charge on any atom is -0.462 e. The summed E-state index contributed by atoms with van der Waals surface area (Å²) in [7, 11) is 0. The fourth-order valence-electron chi connectivity index (χ4n) is 4.29. The molecule has 32 heavy (non-hydrogen) atoms. The summed E-state index contributed by atoms with van der Waals surface area (Å²) in [5.41, 5.74) is 2.15. The van der Waals surface area contributed by atoms with Crippen LogP contribution in [-0.2, 0) is 19.1 Å². The summed E-state index contributed by atoms with van der Waals surface area (Å²) in [5.74, 6) is -1.74. The molecule has 0 radical (unpaired) electrons. The van der Waals surface area contributed by atoms with E-state index in [0.29, 0.717) is 28.9 Å². The summed E-state index contributed by atoms with van der Waals surface area (Å²) in [4.78, 5) is 55.2. The number of esters is 2. The molecule has 0 spiro atoms. The molecule has 2 atom stereocenters. The van der Waals surface area contributed by atoms with E-state index in [4.69, 9.17) is 9.47 Å². The normalized spacial score (nSPS) is 20.0. The van der Waals surface area contributed by atoms with Crippen molar-refractivity contribution in [2.24, 2.45) is 0 Å². The fraction of sp³-hybridized carbons (Fsp3) is 0.391. The molecule has 8 nitrogen and oxygen atoms in total. The van der Waals surface area contributed by atoms with Gasteiger partial charge in [-0.05, 0) is 45.4 Å². The maximum absolute atomic E-state index is 13.3. The van der Waals surface area contributed by atoms with Crippen molar-refractivity contribution in [3.63, 3.8) is 0 Å². The molecule has 0 bridgehead atoms. The van der Waals surface area contributed by atoms with Crippen LogP contribution in [0.3, 0.4) is 0 Å². The van der Waals surface area contributed by atoms with Crippen molar-refractivity contribution in [2.45, 2.75) is 56.4 Å². The summed E-state index contributed by atoms with van der Waals surface area (Å²) < 4.78 is 10.7. The highest BCUT2D eigenvalue weighted by Crippen LogP contribution is 2.56. The van der Waals surface area contributed by atoms with Crippen molar-refractivity contribution < 1.29 is 28.7 Å². The Morgan fingerprint density at radius 1 is 1.25 bits per heavy atom. The smallest absolute Gasteiger partial charge is 0.344 e. The number of carbonyl (C=O) groups is 4. The minimum absolute atomic E-state index is 0.145. The zero-order valence-corrected chi connectivity index (χ0v) is 19.1. The Bertz CT molecular complexity index is 1140. The number of aryl methyl sites for hydroxylation is 1. The lowest BCUT2D eigenvalue weighted by molar-refractivity contribution is -0.149. The molecule has 9 heteroatoms. The predicted octanol–water partition coefficient (Wildman–Crippen LogP) is 3.55. The highest BCUT2D eigenvalue weighted by molar-refractivity contribution is 8.02. The molecule has 168 valence electrons. The number of H-pyrrole nitrogens is 1. The number of nitrogens with one attached hydrogen (secondary N) is 1. The summed E-state index contributed by atoms with van der Waals surface area (Å²) in [5, 5.41) is 0. The molecule has 0 saturated carbocycles. The van der Waals surface area contributed by atoms with Crippen LogP contribution >= 0.6 is 11.8 Å². The number of para-hydroxylation sites is 1. The van der Waals surface area contributed by atoms with Crippen LogP contribution in [0.15, 0.2) is 29.2 Å². The number of aromatic nitrogens is 1. The van der Waals surface area contributed by atoms with Crippen molar-refractivity contribution in [3.8, 4) is 0 Å². The highest BCUT2D eigenvalue weighted by atomic mass is 32.2. The number of Topliss-reactive ketones (excluding diaryl/α,β-unsaturated/α-hetero) is 1. The Labute approximate surface area is 189 Å². The van der Waals surface area contributed by atoms with E-state index in [2.05, 4.69) is 4.98 Å². The Kier molecular flexibility index (Phi) is 5.62. The molecule has 1 saturated heterocycles.